The molecule has 4 nitrogen and oxygen atoms in total. The maximum Gasteiger partial charge on any atom is 0.248 e. The first-order chi connectivity index (χ1) is 10.1. The van der Waals surface area contributed by atoms with Crippen LogP contribution in [0.2, 0.25) is 0 Å². The zero-order valence-corrected chi connectivity index (χ0v) is 12.1. The van der Waals surface area contributed by atoms with Gasteiger partial charge in [-0.2, -0.15) is 5.10 Å². The Morgan fingerprint density at radius 1 is 1.24 bits per heavy atom. The molecule has 0 radical (unpaired) electrons. The van der Waals surface area contributed by atoms with Crippen LogP contribution in [0.3, 0.4) is 0 Å². The summed E-state index contributed by atoms with van der Waals surface area (Å²) in [5.41, 5.74) is 0.678. The van der Waals surface area contributed by atoms with E-state index in [1.165, 1.54) is 12.1 Å². The van der Waals surface area contributed by atoms with Gasteiger partial charge in [0.1, 0.15) is 12.4 Å². The van der Waals surface area contributed by atoms with Crippen LogP contribution in [-0.2, 0) is 4.79 Å². The van der Waals surface area contributed by atoms with Crippen LogP contribution in [0.15, 0.2) is 53.8 Å². The third-order valence-corrected chi connectivity index (χ3v) is 2.97. The first-order valence-corrected chi connectivity index (χ1v) is 6.79. The van der Waals surface area contributed by atoms with Gasteiger partial charge in [-0.25, -0.2) is 4.39 Å². The average Bonchev–Trinajstić information content (AvgIpc) is 2.69. The van der Waals surface area contributed by atoms with Crippen LogP contribution >= 0.6 is 0 Å². The number of carbonyl (C=O) groups excluding carboxylic acids is 1. The largest absolute Gasteiger partial charge is 0.308 e. The highest BCUT2D eigenvalue weighted by Crippen LogP contribution is 2.18. The standard InChI is InChI=1S/C16H18FN3O/c1-13(2)20(15-8-6-14(17)7-9-15)16(21)12-19-11-5-3-4-10-18-19/h3-11,13H,12H2,1-2H3. The number of anilines is 1. The summed E-state index contributed by atoms with van der Waals surface area (Å²) < 4.78 is 13.0. The molecule has 0 saturated heterocycles. The van der Waals surface area contributed by atoms with E-state index in [0.717, 1.165) is 0 Å². The Labute approximate surface area is 123 Å². The molecule has 1 aromatic rings. The summed E-state index contributed by atoms with van der Waals surface area (Å²) in [6.45, 7) is 3.97. The Hall–Kier alpha value is -2.43. The molecule has 0 bridgehead atoms. The molecule has 1 heterocycles. The smallest absolute Gasteiger partial charge is 0.248 e. The molecule has 0 spiro atoms. The van der Waals surface area contributed by atoms with Gasteiger partial charge >= 0.3 is 0 Å². The number of rotatable bonds is 4. The number of halogens is 1. The Kier molecular flexibility index (Phi) is 4.87. The van der Waals surface area contributed by atoms with Gasteiger partial charge in [0.2, 0.25) is 5.91 Å². The van der Waals surface area contributed by atoms with Crippen molar-refractivity contribution >= 4 is 17.8 Å². The van der Waals surface area contributed by atoms with Crippen molar-refractivity contribution < 1.29 is 9.18 Å². The summed E-state index contributed by atoms with van der Waals surface area (Å²) in [5.74, 6) is -0.415. The zero-order valence-electron chi connectivity index (χ0n) is 12.1. The first-order valence-electron chi connectivity index (χ1n) is 6.79. The summed E-state index contributed by atoms with van der Waals surface area (Å²) in [6.07, 6.45) is 8.82. The molecule has 1 aliphatic heterocycles. The quantitative estimate of drug-likeness (QED) is 0.853. The minimum Gasteiger partial charge on any atom is -0.308 e. The summed E-state index contributed by atoms with van der Waals surface area (Å²) in [6, 6.07) is 5.89. The van der Waals surface area contributed by atoms with Gasteiger partial charge in [0.25, 0.3) is 0 Å². The molecule has 110 valence electrons. The highest BCUT2D eigenvalue weighted by atomic mass is 19.1. The maximum atomic E-state index is 13.0. The van der Waals surface area contributed by atoms with Crippen molar-refractivity contribution in [3.63, 3.8) is 0 Å². The van der Waals surface area contributed by atoms with Gasteiger partial charge in [-0.3, -0.25) is 9.80 Å². The number of carbonyl (C=O) groups is 1. The van der Waals surface area contributed by atoms with Crippen molar-refractivity contribution in [2.45, 2.75) is 19.9 Å². The monoisotopic (exact) mass is 287 g/mol. The second-order valence-electron chi connectivity index (χ2n) is 4.92. The fourth-order valence-corrected chi connectivity index (χ4v) is 2.07. The van der Waals surface area contributed by atoms with Crippen molar-refractivity contribution in [2.24, 2.45) is 5.10 Å². The highest BCUT2D eigenvalue weighted by Gasteiger charge is 2.20. The maximum absolute atomic E-state index is 13.0. The van der Waals surface area contributed by atoms with Gasteiger partial charge in [-0.15, -0.1) is 0 Å². The molecule has 0 aromatic heterocycles. The molecule has 21 heavy (non-hydrogen) atoms. The molecule has 0 atom stereocenters. The van der Waals surface area contributed by atoms with Crippen molar-refractivity contribution in [1.82, 2.24) is 5.01 Å². The average molecular weight is 287 g/mol. The fraction of sp³-hybridized carbons (Fsp3) is 0.250. The summed E-state index contributed by atoms with van der Waals surface area (Å²) in [4.78, 5) is 14.2. The number of benzene rings is 1. The second kappa shape index (κ2) is 6.83. The third-order valence-electron chi connectivity index (χ3n) is 2.97. The number of hydrazone groups is 1. The second-order valence-corrected chi connectivity index (χ2v) is 4.92. The van der Waals surface area contributed by atoms with Gasteiger partial charge in [0.15, 0.2) is 0 Å². The SMILES string of the molecule is CC(C)N(C(=O)CN1C=CC=CC=N1)c1ccc(F)cc1. The predicted molar refractivity (Wildman–Crippen MR) is 82.5 cm³/mol. The molecule has 0 aliphatic carbocycles. The minimum absolute atomic E-state index is 0.0268. The van der Waals surface area contributed by atoms with Crippen LogP contribution < -0.4 is 4.90 Å². The molecule has 1 amide bonds. The molecule has 2 rings (SSSR count). The van der Waals surface area contributed by atoms with E-state index >= 15 is 0 Å². The topological polar surface area (TPSA) is 35.9 Å². The minimum atomic E-state index is -0.318. The van der Waals surface area contributed by atoms with E-state index in [1.54, 1.807) is 40.5 Å². The molecule has 0 fully saturated rings. The highest BCUT2D eigenvalue weighted by molar-refractivity contribution is 5.95. The summed E-state index contributed by atoms with van der Waals surface area (Å²) in [5, 5.41) is 5.71. The Morgan fingerprint density at radius 3 is 2.62 bits per heavy atom. The van der Waals surface area contributed by atoms with Crippen molar-refractivity contribution in [1.29, 1.82) is 0 Å². The molecule has 1 aromatic carbocycles. The molecule has 0 unspecified atom stereocenters. The van der Waals surface area contributed by atoms with Gasteiger partial charge in [0.05, 0.1) is 0 Å². The van der Waals surface area contributed by atoms with Crippen LogP contribution in [0.1, 0.15) is 13.8 Å². The summed E-state index contributed by atoms with van der Waals surface area (Å²) >= 11 is 0. The van der Waals surface area contributed by atoms with E-state index in [2.05, 4.69) is 5.10 Å². The van der Waals surface area contributed by atoms with Gasteiger partial charge < -0.3 is 4.90 Å². The van der Waals surface area contributed by atoms with Crippen LogP contribution in [0.4, 0.5) is 10.1 Å². The number of amides is 1. The van der Waals surface area contributed by atoms with E-state index < -0.39 is 0 Å². The van der Waals surface area contributed by atoms with E-state index in [0.29, 0.717) is 5.69 Å². The lowest BCUT2D eigenvalue weighted by Crippen LogP contribution is -2.41. The lowest BCUT2D eigenvalue weighted by molar-refractivity contribution is -0.119. The number of hydrogen-bond donors (Lipinski definition) is 0. The molecule has 1 aliphatic rings. The number of nitrogens with zero attached hydrogens (tertiary/aromatic N) is 3. The Balaban J connectivity index is 2.14. The van der Waals surface area contributed by atoms with Crippen molar-refractivity contribution in [3.8, 4) is 0 Å². The zero-order chi connectivity index (χ0) is 15.2. The molecule has 0 N–H and O–H groups in total. The van der Waals surface area contributed by atoms with Crippen LogP contribution in [0, 0.1) is 5.82 Å². The molecule has 5 heteroatoms. The van der Waals surface area contributed by atoms with E-state index in [-0.39, 0.29) is 24.3 Å². The Morgan fingerprint density at radius 2 is 1.95 bits per heavy atom. The van der Waals surface area contributed by atoms with Crippen LogP contribution in [-0.4, -0.2) is 29.7 Å². The first kappa shape index (κ1) is 15.0. The van der Waals surface area contributed by atoms with Crippen molar-refractivity contribution in [2.75, 3.05) is 11.4 Å². The number of allylic oxidation sites excluding steroid dienone is 3. The van der Waals surface area contributed by atoms with E-state index in [4.69, 9.17) is 0 Å². The lowest BCUT2D eigenvalue weighted by atomic mass is 10.2. The number of hydrogen-bond acceptors (Lipinski definition) is 3. The van der Waals surface area contributed by atoms with Gasteiger partial charge in [-0.05, 0) is 50.3 Å². The van der Waals surface area contributed by atoms with Crippen LogP contribution in [0.5, 0.6) is 0 Å². The molecule has 0 saturated carbocycles. The molecular formula is C16H18FN3O. The lowest BCUT2D eigenvalue weighted by Gasteiger charge is -2.28. The van der Waals surface area contributed by atoms with Crippen LogP contribution in [0.25, 0.3) is 0 Å². The van der Waals surface area contributed by atoms with Crippen molar-refractivity contribution in [3.05, 3.63) is 54.5 Å². The Bertz CT molecular complexity index is 560. The third kappa shape index (κ3) is 4.02. The molecular weight excluding hydrogens is 269 g/mol. The fourth-order valence-electron chi connectivity index (χ4n) is 2.07. The van der Waals surface area contributed by atoms with Gasteiger partial charge in [-0.1, -0.05) is 6.08 Å². The van der Waals surface area contributed by atoms with Gasteiger partial charge in [0, 0.05) is 24.1 Å². The normalized spacial score (nSPS) is 13.6. The predicted octanol–water partition coefficient (Wildman–Crippen LogP) is 2.94. The van der Waals surface area contributed by atoms with E-state index in [1.807, 2.05) is 26.0 Å². The summed E-state index contributed by atoms with van der Waals surface area (Å²) in [7, 11) is 0. The van der Waals surface area contributed by atoms with E-state index in [9.17, 15) is 9.18 Å².